The van der Waals surface area contributed by atoms with Crippen LogP contribution in [0.1, 0.15) is 70.6 Å². The zero-order valence-electron chi connectivity index (χ0n) is 12.3. The third kappa shape index (κ3) is 21.9. The molecular weight excluding hydrogens is 291 g/mol. The topological polar surface area (TPSA) is 77.4 Å². The van der Waals surface area contributed by atoms with Crippen molar-refractivity contribution in [3.63, 3.8) is 0 Å². The predicted molar refractivity (Wildman–Crippen MR) is 72.4 cm³/mol. The van der Waals surface area contributed by atoms with Gasteiger partial charge < -0.3 is 9.66 Å². The Hall–Kier alpha value is 1.51. The molecule has 0 unspecified atom stereocenters. The van der Waals surface area contributed by atoms with Crippen molar-refractivity contribution in [2.24, 2.45) is 0 Å². The van der Waals surface area contributed by atoms with E-state index >= 15 is 0 Å². The van der Waals surface area contributed by atoms with Crippen LogP contribution in [0.5, 0.6) is 0 Å². The molecular formula is C13H27KO4S. The minimum Gasteiger partial charge on any atom is -0.748 e. The molecule has 0 bridgehead atoms. The third-order valence-electron chi connectivity index (χ3n) is 3.05. The molecule has 0 saturated carbocycles. The van der Waals surface area contributed by atoms with Crippen molar-refractivity contribution in [3.8, 4) is 0 Å². The fourth-order valence-corrected chi connectivity index (χ4v) is 2.54. The van der Waals surface area contributed by atoms with E-state index in [1.165, 1.54) is 32.1 Å². The van der Waals surface area contributed by atoms with Gasteiger partial charge >= 0.3 is 51.4 Å². The van der Waals surface area contributed by atoms with Crippen molar-refractivity contribution in [2.45, 2.75) is 70.6 Å². The van der Waals surface area contributed by atoms with Crippen molar-refractivity contribution in [3.05, 3.63) is 0 Å². The quantitative estimate of drug-likeness (QED) is 0.290. The van der Waals surface area contributed by atoms with Crippen LogP contribution in [-0.2, 0) is 10.1 Å². The van der Waals surface area contributed by atoms with Gasteiger partial charge in [-0.25, -0.2) is 8.42 Å². The summed E-state index contributed by atoms with van der Waals surface area (Å²) in [4.78, 5) is 0. The number of aliphatic hydroxyl groups excluding tert-OH is 1. The fourth-order valence-electron chi connectivity index (χ4n) is 1.98. The van der Waals surface area contributed by atoms with Gasteiger partial charge in [0.25, 0.3) is 0 Å². The Balaban J connectivity index is 0. The summed E-state index contributed by atoms with van der Waals surface area (Å²) in [6.07, 6.45) is 11.7. The molecule has 0 aromatic rings. The van der Waals surface area contributed by atoms with Crippen LogP contribution in [0, 0.1) is 0 Å². The number of hydrogen-bond acceptors (Lipinski definition) is 4. The van der Waals surface area contributed by atoms with E-state index in [-0.39, 0.29) is 57.1 Å². The predicted octanol–water partition coefficient (Wildman–Crippen LogP) is -0.181. The number of unbranched alkanes of at least 4 members (excludes halogenated alkanes) is 10. The summed E-state index contributed by atoms with van der Waals surface area (Å²) < 4.78 is 31.0. The first-order chi connectivity index (χ1) is 8.56. The van der Waals surface area contributed by atoms with Crippen LogP contribution in [0.25, 0.3) is 0 Å². The van der Waals surface area contributed by atoms with Crippen LogP contribution in [-0.4, -0.2) is 30.4 Å². The largest absolute Gasteiger partial charge is 1.00 e. The smallest absolute Gasteiger partial charge is 0.748 e. The molecule has 0 saturated heterocycles. The first-order valence-corrected chi connectivity index (χ1v) is 8.68. The average Bonchev–Trinajstić information content (AvgIpc) is 2.29. The van der Waals surface area contributed by atoms with E-state index in [1.807, 2.05) is 0 Å². The van der Waals surface area contributed by atoms with Crippen molar-refractivity contribution in [1.82, 2.24) is 0 Å². The van der Waals surface area contributed by atoms with Crippen LogP contribution in [0.4, 0.5) is 0 Å². The maximum atomic E-state index is 10.3. The summed E-state index contributed by atoms with van der Waals surface area (Å²) >= 11 is 0. The SMILES string of the molecule is O=S(=O)([O-])CCCCCCCCCCCCCO.[K+]. The molecule has 0 radical (unpaired) electrons. The molecule has 6 heteroatoms. The molecule has 0 aromatic heterocycles. The summed E-state index contributed by atoms with van der Waals surface area (Å²) in [7, 11) is -4.00. The first kappa shape index (κ1) is 22.8. The first-order valence-electron chi connectivity index (χ1n) is 7.10. The van der Waals surface area contributed by atoms with E-state index in [0.717, 1.165) is 32.1 Å². The van der Waals surface area contributed by atoms with Crippen LogP contribution < -0.4 is 51.4 Å². The third-order valence-corrected chi connectivity index (χ3v) is 3.84. The molecule has 19 heavy (non-hydrogen) atoms. The van der Waals surface area contributed by atoms with Crippen molar-refractivity contribution in [1.29, 1.82) is 0 Å². The molecule has 4 nitrogen and oxygen atoms in total. The summed E-state index contributed by atoms with van der Waals surface area (Å²) in [5.41, 5.74) is 0. The zero-order valence-corrected chi connectivity index (χ0v) is 16.2. The Labute approximate surface area is 160 Å². The molecule has 0 aromatic carbocycles. The number of rotatable bonds is 13. The molecule has 0 aliphatic rings. The van der Waals surface area contributed by atoms with Crippen molar-refractivity contribution >= 4 is 10.1 Å². The normalized spacial score (nSPS) is 11.3. The second-order valence-electron chi connectivity index (χ2n) is 4.87. The molecule has 0 atom stereocenters. The van der Waals surface area contributed by atoms with Crippen LogP contribution in [0.15, 0.2) is 0 Å². The molecule has 0 amide bonds. The van der Waals surface area contributed by atoms with Gasteiger partial charge in [0, 0.05) is 12.4 Å². The summed E-state index contributed by atoms with van der Waals surface area (Å²) in [6.45, 7) is 0.305. The molecule has 0 rings (SSSR count). The zero-order chi connectivity index (χ0) is 13.7. The van der Waals surface area contributed by atoms with Gasteiger partial charge in [-0.1, -0.05) is 57.8 Å². The Morgan fingerprint density at radius 3 is 1.32 bits per heavy atom. The second-order valence-corrected chi connectivity index (χ2v) is 6.40. The number of hydrogen-bond donors (Lipinski definition) is 1. The monoisotopic (exact) mass is 318 g/mol. The van der Waals surface area contributed by atoms with Crippen LogP contribution >= 0.6 is 0 Å². The molecule has 0 fully saturated rings. The average molecular weight is 319 g/mol. The maximum absolute atomic E-state index is 10.3. The molecule has 0 spiro atoms. The fraction of sp³-hybridized carbons (Fsp3) is 1.00. The van der Waals surface area contributed by atoms with Gasteiger partial charge in [0.15, 0.2) is 0 Å². The minimum absolute atomic E-state index is 0. The van der Waals surface area contributed by atoms with Gasteiger partial charge in [-0.15, -0.1) is 0 Å². The van der Waals surface area contributed by atoms with Crippen molar-refractivity contribution in [2.75, 3.05) is 12.4 Å². The standard InChI is InChI=1S/C13H28O4S.K/c14-12-10-8-6-4-2-1-3-5-7-9-11-13-18(15,16)17;/h14H,1-13H2,(H,15,16,17);/q;+1/p-1. The number of aliphatic hydroxyl groups is 1. The van der Waals surface area contributed by atoms with Gasteiger partial charge in [0.1, 0.15) is 0 Å². The van der Waals surface area contributed by atoms with Crippen LogP contribution in [0.2, 0.25) is 0 Å². The molecule has 110 valence electrons. The van der Waals surface area contributed by atoms with E-state index < -0.39 is 10.1 Å². The van der Waals surface area contributed by atoms with Gasteiger partial charge in [0.2, 0.25) is 0 Å². The maximum Gasteiger partial charge on any atom is 1.00 e. The van der Waals surface area contributed by atoms with E-state index in [2.05, 4.69) is 0 Å². The second kappa shape index (κ2) is 15.9. The Bertz CT molecular complexity index is 268. The Morgan fingerprint density at radius 2 is 1.00 bits per heavy atom. The van der Waals surface area contributed by atoms with E-state index in [4.69, 9.17) is 5.11 Å². The summed E-state index contributed by atoms with van der Waals surface area (Å²) in [6, 6.07) is 0. The summed E-state index contributed by atoms with van der Waals surface area (Å²) in [5.74, 6) is -0.210. The van der Waals surface area contributed by atoms with Gasteiger partial charge in [-0.2, -0.15) is 0 Å². The molecule has 0 aliphatic heterocycles. The van der Waals surface area contributed by atoms with E-state index in [1.54, 1.807) is 0 Å². The Kier molecular flexibility index (Phi) is 19.0. The van der Waals surface area contributed by atoms with E-state index in [9.17, 15) is 13.0 Å². The molecule has 1 N–H and O–H groups in total. The van der Waals surface area contributed by atoms with E-state index in [0.29, 0.717) is 13.0 Å². The molecule has 0 aliphatic carbocycles. The van der Waals surface area contributed by atoms with Crippen molar-refractivity contribution < 1.29 is 69.5 Å². The van der Waals surface area contributed by atoms with Gasteiger partial charge in [-0.05, 0) is 12.8 Å². The minimum atomic E-state index is -4.00. The van der Waals surface area contributed by atoms with Crippen LogP contribution in [0.3, 0.4) is 0 Å². The van der Waals surface area contributed by atoms with Gasteiger partial charge in [0.05, 0.1) is 10.1 Å². The van der Waals surface area contributed by atoms with Gasteiger partial charge in [-0.3, -0.25) is 0 Å². The Morgan fingerprint density at radius 1 is 0.684 bits per heavy atom. The molecule has 0 heterocycles. The summed E-state index contributed by atoms with van der Waals surface area (Å²) in [5, 5.41) is 8.60.